The van der Waals surface area contributed by atoms with Crippen molar-refractivity contribution in [2.24, 2.45) is 5.73 Å². The van der Waals surface area contributed by atoms with Gasteiger partial charge in [-0.3, -0.25) is 9.36 Å². The van der Waals surface area contributed by atoms with Crippen molar-refractivity contribution in [2.45, 2.75) is 18.9 Å². The zero-order valence-electron chi connectivity index (χ0n) is 17.7. The van der Waals surface area contributed by atoms with Crippen molar-refractivity contribution >= 4 is 34.1 Å². The van der Waals surface area contributed by atoms with E-state index in [4.69, 9.17) is 5.73 Å². The maximum Gasteiger partial charge on any atom is 0.262 e. The van der Waals surface area contributed by atoms with Gasteiger partial charge in [0.2, 0.25) is 0 Å². The number of thiophene rings is 1. The summed E-state index contributed by atoms with van der Waals surface area (Å²) in [7, 11) is 2.16. The monoisotopic (exact) mass is 448 g/mol. The summed E-state index contributed by atoms with van der Waals surface area (Å²) >= 11 is 1.14. The van der Waals surface area contributed by atoms with Crippen LogP contribution in [0.5, 0.6) is 5.75 Å². The molecule has 0 bridgehead atoms. The molecule has 1 saturated heterocycles. The first-order valence-corrected chi connectivity index (χ1v) is 11.3. The first-order chi connectivity index (χ1) is 15.5. The smallest absolute Gasteiger partial charge is 0.262 e. The van der Waals surface area contributed by atoms with Gasteiger partial charge in [-0.05, 0) is 68.4 Å². The summed E-state index contributed by atoms with van der Waals surface area (Å²) in [5.41, 5.74) is 9.14. The van der Waals surface area contributed by atoms with Crippen LogP contribution in [0, 0.1) is 0 Å². The van der Waals surface area contributed by atoms with Crippen molar-refractivity contribution in [2.75, 3.05) is 25.5 Å². The molecule has 4 aromatic rings. The highest BCUT2D eigenvalue weighted by Gasteiger charge is 2.18. The van der Waals surface area contributed by atoms with Gasteiger partial charge in [0.25, 0.3) is 5.91 Å². The van der Waals surface area contributed by atoms with Crippen molar-refractivity contribution in [1.29, 1.82) is 0 Å². The van der Waals surface area contributed by atoms with Crippen molar-refractivity contribution in [3.8, 4) is 21.9 Å². The number of aromatic hydroxyl groups is 1. The normalized spacial score (nSPS) is 15.3. The fraction of sp³-hybridized carbons (Fsp3) is 0.261. The number of amides is 1. The third-order valence-corrected chi connectivity index (χ3v) is 7.01. The first-order valence-electron chi connectivity index (χ1n) is 10.5. The lowest BCUT2D eigenvalue weighted by molar-refractivity contribution is 0.100. The number of likely N-dealkylation sites (tertiary alicyclic amines) is 1. The van der Waals surface area contributed by atoms with E-state index in [2.05, 4.69) is 33.3 Å². The molecule has 32 heavy (non-hydrogen) atoms. The number of hydrogen-bond acceptors (Lipinski definition) is 7. The van der Waals surface area contributed by atoms with Gasteiger partial charge >= 0.3 is 0 Å². The Hall–Kier alpha value is -3.43. The molecule has 164 valence electrons. The number of fused-ring (bicyclic) bond motifs is 1. The number of carbonyl (C=O) groups excluding carboxylic acids is 1. The fourth-order valence-corrected chi connectivity index (χ4v) is 4.97. The lowest BCUT2D eigenvalue weighted by Gasteiger charge is -2.29. The minimum absolute atomic E-state index is 0.114. The number of primary amides is 1. The molecule has 1 fully saturated rings. The quantitative estimate of drug-likeness (QED) is 0.431. The molecule has 1 aromatic carbocycles. The van der Waals surface area contributed by atoms with E-state index in [0.717, 1.165) is 65.2 Å². The maximum atomic E-state index is 11.5. The van der Waals surface area contributed by atoms with E-state index in [1.165, 1.54) is 6.07 Å². The van der Waals surface area contributed by atoms with Crippen LogP contribution in [0.3, 0.4) is 0 Å². The number of piperidine rings is 1. The van der Waals surface area contributed by atoms with Crippen molar-refractivity contribution in [1.82, 2.24) is 19.4 Å². The molecule has 0 spiro atoms. The standard InChI is InChI=1S/C23H24N6O2S/c1-28-8-5-16(6-9-28)27-20-11-15(4-7-25-20)14-2-3-18-17(10-14)26-13-29(18)21-12-19(30)22(32-21)23(24)31/h2-4,7,10-13,16,30H,5-6,8-9H2,1H3,(H2,24,31)(H,25,27). The molecule has 1 aliphatic heterocycles. The fourth-order valence-electron chi connectivity index (χ4n) is 4.08. The average molecular weight is 449 g/mol. The van der Waals surface area contributed by atoms with Crippen LogP contribution < -0.4 is 11.1 Å². The van der Waals surface area contributed by atoms with E-state index in [1.54, 1.807) is 6.33 Å². The molecule has 1 aliphatic rings. The Balaban J connectivity index is 1.41. The molecule has 0 radical (unpaired) electrons. The van der Waals surface area contributed by atoms with Gasteiger partial charge in [0, 0.05) is 18.3 Å². The number of imidazole rings is 1. The van der Waals surface area contributed by atoms with Crippen LogP contribution in [0.15, 0.2) is 48.9 Å². The third-order valence-electron chi connectivity index (χ3n) is 5.87. The minimum Gasteiger partial charge on any atom is -0.506 e. The zero-order valence-corrected chi connectivity index (χ0v) is 18.5. The summed E-state index contributed by atoms with van der Waals surface area (Å²) in [6.45, 7) is 2.19. The Kier molecular flexibility index (Phi) is 5.28. The second-order valence-electron chi connectivity index (χ2n) is 8.13. The number of pyridine rings is 1. The summed E-state index contributed by atoms with van der Waals surface area (Å²) < 4.78 is 1.84. The average Bonchev–Trinajstić information content (AvgIpc) is 3.38. The third kappa shape index (κ3) is 3.92. The lowest BCUT2D eigenvalue weighted by atomic mass is 10.0. The molecule has 9 heteroatoms. The second kappa shape index (κ2) is 8.25. The van der Waals surface area contributed by atoms with E-state index in [0.29, 0.717) is 11.0 Å². The van der Waals surface area contributed by atoms with Crippen LogP contribution in [0.4, 0.5) is 5.82 Å². The van der Waals surface area contributed by atoms with Gasteiger partial charge in [0.05, 0.1) is 11.0 Å². The van der Waals surface area contributed by atoms with Crippen molar-refractivity contribution < 1.29 is 9.90 Å². The highest BCUT2D eigenvalue weighted by molar-refractivity contribution is 7.16. The van der Waals surface area contributed by atoms with Gasteiger partial charge < -0.3 is 21.1 Å². The van der Waals surface area contributed by atoms with E-state index < -0.39 is 5.91 Å². The van der Waals surface area contributed by atoms with Crippen LogP contribution in [0.2, 0.25) is 0 Å². The number of benzene rings is 1. The number of nitrogens with one attached hydrogen (secondary N) is 1. The number of aromatic nitrogens is 3. The molecule has 0 unspecified atom stereocenters. The predicted octanol–water partition coefficient (Wildman–Crippen LogP) is 3.46. The number of carbonyl (C=O) groups is 1. The Morgan fingerprint density at radius 1 is 1.16 bits per heavy atom. The molecule has 0 aliphatic carbocycles. The lowest BCUT2D eigenvalue weighted by Crippen LogP contribution is -2.36. The topological polar surface area (TPSA) is 109 Å². The first kappa shape index (κ1) is 20.5. The number of rotatable bonds is 5. The second-order valence-corrected chi connectivity index (χ2v) is 9.16. The van der Waals surface area contributed by atoms with Gasteiger partial charge in [0.15, 0.2) is 0 Å². The van der Waals surface area contributed by atoms with E-state index in [9.17, 15) is 9.90 Å². The number of nitrogens with zero attached hydrogens (tertiary/aromatic N) is 4. The molecule has 0 saturated carbocycles. The van der Waals surface area contributed by atoms with Crippen LogP contribution in [-0.2, 0) is 0 Å². The maximum absolute atomic E-state index is 11.5. The Morgan fingerprint density at radius 2 is 1.94 bits per heavy atom. The molecule has 4 N–H and O–H groups in total. The van der Waals surface area contributed by atoms with Crippen molar-refractivity contribution in [3.05, 3.63) is 53.8 Å². The Bertz CT molecular complexity index is 1290. The van der Waals surface area contributed by atoms with Gasteiger partial charge in [-0.15, -0.1) is 11.3 Å². The summed E-state index contributed by atoms with van der Waals surface area (Å²) in [6.07, 6.45) is 5.74. The Labute approximate surface area is 189 Å². The summed E-state index contributed by atoms with van der Waals surface area (Å²) in [5.74, 6) is 0.126. The predicted molar refractivity (Wildman–Crippen MR) is 127 cm³/mol. The number of hydrogen-bond donors (Lipinski definition) is 3. The van der Waals surface area contributed by atoms with Gasteiger partial charge in [0.1, 0.15) is 27.8 Å². The summed E-state index contributed by atoms with van der Waals surface area (Å²) in [6, 6.07) is 12.1. The van der Waals surface area contributed by atoms with Gasteiger partial charge in [-0.2, -0.15) is 0 Å². The van der Waals surface area contributed by atoms with Crippen LogP contribution in [0.25, 0.3) is 27.2 Å². The minimum atomic E-state index is -0.646. The Morgan fingerprint density at radius 3 is 2.69 bits per heavy atom. The zero-order chi connectivity index (χ0) is 22.2. The number of nitrogens with two attached hydrogens (primary N) is 1. The summed E-state index contributed by atoms with van der Waals surface area (Å²) in [4.78, 5) is 23.0. The van der Waals surface area contributed by atoms with E-state index in [1.807, 2.05) is 35.0 Å². The van der Waals surface area contributed by atoms with E-state index in [-0.39, 0.29) is 10.6 Å². The largest absolute Gasteiger partial charge is 0.506 e. The number of anilines is 1. The van der Waals surface area contributed by atoms with Gasteiger partial charge in [-0.25, -0.2) is 9.97 Å². The molecule has 8 nitrogen and oxygen atoms in total. The summed E-state index contributed by atoms with van der Waals surface area (Å²) in [5, 5.41) is 14.2. The van der Waals surface area contributed by atoms with Crippen LogP contribution in [0.1, 0.15) is 22.5 Å². The highest BCUT2D eigenvalue weighted by atomic mass is 32.1. The molecule has 5 rings (SSSR count). The van der Waals surface area contributed by atoms with Crippen molar-refractivity contribution in [3.63, 3.8) is 0 Å². The van der Waals surface area contributed by atoms with Crippen LogP contribution in [-0.4, -0.2) is 56.6 Å². The SMILES string of the molecule is CN1CCC(Nc2cc(-c3ccc4c(c3)ncn4-c3cc(O)c(C(N)=O)s3)ccn2)CC1. The van der Waals surface area contributed by atoms with Crippen LogP contribution >= 0.6 is 11.3 Å². The van der Waals surface area contributed by atoms with E-state index >= 15 is 0 Å². The highest BCUT2D eigenvalue weighted by Crippen LogP contribution is 2.33. The molecule has 1 amide bonds. The molecule has 0 atom stereocenters. The molecule has 3 aromatic heterocycles. The molecular formula is C23H24N6O2S. The molecule has 4 heterocycles. The van der Waals surface area contributed by atoms with Gasteiger partial charge in [-0.1, -0.05) is 6.07 Å². The molecular weight excluding hydrogens is 424 g/mol.